The van der Waals surface area contributed by atoms with Crippen LogP contribution < -0.4 is 5.32 Å². The van der Waals surface area contributed by atoms with E-state index < -0.39 is 0 Å². The Bertz CT molecular complexity index is 566. The molecule has 0 aliphatic heterocycles. The van der Waals surface area contributed by atoms with Crippen molar-refractivity contribution in [2.75, 3.05) is 6.26 Å². The van der Waals surface area contributed by atoms with Crippen molar-refractivity contribution in [2.45, 2.75) is 0 Å². The van der Waals surface area contributed by atoms with Gasteiger partial charge in [-0.15, -0.1) is 11.3 Å². The van der Waals surface area contributed by atoms with Crippen molar-refractivity contribution in [3.8, 4) is 6.19 Å². The Hall–Kier alpha value is -1.51. The third-order valence-corrected chi connectivity index (χ3v) is 3.49. The lowest BCUT2D eigenvalue weighted by Gasteiger charge is -1.99. The second-order valence-corrected chi connectivity index (χ2v) is 4.74. The minimum Gasteiger partial charge on any atom is -0.271 e. The molecule has 80 valence electrons. The lowest BCUT2D eigenvalue weighted by Crippen LogP contribution is -2.12. The summed E-state index contributed by atoms with van der Waals surface area (Å²) in [4.78, 5) is 4.35. The predicted molar refractivity (Wildman–Crippen MR) is 71.2 cm³/mol. The van der Waals surface area contributed by atoms with Gasteiger partial charge in [0.1, 0.15) is 0 Å². The molecule has 0 saturated carbocycles. The smallest absolute Gasteiger partial charge is 0.183 e. The largest absolute Gasteiger partial charge is 0.271 e. The summed E-state index contributed by atoms with van der Waals surface area (Å²) >= 11 is 3.10. The molecule has 0 unspecified atom stereocenters. The highest BCUT2D eigenvalue weighted by molar-refractivity contribution is 8.13. The van der Waals surface area contributed by atoms with Gasteiger partial charge in [-0.1, -0.05) is 17.8 Å². The number of fused-ring (bicyclic) bond motifs is 1. The van der Waals surface area contributed by atoms with E-state index in [2.05, 4.69) is 21.8 Å². The number of nitrogens with zero attached hydrogens (tertiary/aromatic N) is 2. The highest BCUT2D eigenvalue weighted by atomic mass is 32.2. The van der Waals surface area contributed by atoms with Gasteiger partial charge >= 0.3 is 0 Å². The molecule has 0 spiro atoms. The van der Waals surface area contributed by atoms with E-state index in [1.165, 1.54) is 21.8 Å². The topological polar surface area (TPSA) is 48.2 Å². The van der Waals surface area contributed by atoms with E-state index in [9.17, 15) is 0 Å². The minimum absolute atomic E-state index is 0.610. The van der Waals surface area contributed by atoms with Crippen molar-refractivity contribution < 1.29 is 0 Å². The van der Waals surface area contributed by atoms with Crippen LogP contribution in [0.15, 0.2) is 34.6 Å². The van der Waals surface area contributed by atoms with E-state index in [0.29, 0.717) is 5.17 Å². The van der Waals surface area contributed by atoms with Gasteiger partial charge in [-0.25, -0.2) is 4.99 Å². The Morgan fingerprint density at radius 1 is 1.50 bits per heavy atom. The third kappa shape index (κ3) is 2.35. The molecule has 0 saturated heterocycles. The number of nitriles is 1. The Morgan fingerprint density at radius 3 is 3.12 bits per heavy atom. The maximum Gasteiger partial charge on any atom is 0.183 e. The Morgan fingerprint density at radius 2 is 2.38 bits per heavy atom. The molecule has 0 radical (unpaired) electrons. The normalized spacial score (nSPS) is 11.4. The highest BCUT2D eigenvalue weighted by Gasteiger charge is 1.99. The second-order valence-electron chi connectivity index (χ2n) is 3.00. The van der Waals surface area contributed by atoms with Gasteiger partial charge in [-0.05, 0) is 35.2 Å². The summed E-state index contributed by atoms with van der Waals surface area (Å²) in [5.41, 5.74) is 0.863. The molecule has 5 heteroatoms. The number of nitrogens with one attached hydrogen (secondary N) is 1. The van der Waals surface area contributed by atoms with Crippen molar-refractivity contribution in [1.82, 2.24) is 5.32 Å². The van der Waals surface area contributed by atoms with Crippen LogP contribution in [0.2, 0.25) is 0 Å². The van der Waals surface area contributed by atoms with Gasteiger partial charge in [0.05, 0.1) is 5.69 Å². The lowest BCUT2D eigenvalue weighted by atomic mass is 10.2. The van der Waals surface area contributed by atoms with Gasteiger partial charge in [0.15, 0.2) is 11.4 Å². The van der Waals surface area contributed by atoms with Gasteiger partial charge < -0.3 is 0 Å². The van der Waals surface area contributed by atoms with Crippen LogP contribution in [0.1, 0.15) is 0 Å². The first-order valence-electron chi connectivity index (χ1n) is 4.58. The van der Waals surface area contributed by atoms with Crippen LogP contribution in [0.3, 0.4) is 0 Å². The fourth-order valence-electron chi connectivity index (χ4n) is 1.30. The van der Waals surface area contributed by atoms with Gasteiger partial charge in [0.2, 0.25) is 0 Å². The maximum absolute atomic E-state index is 8.53. The summed E-state index contributed by atoms with van der Waals surface area (Å²) in [5.74, 6) is 0. The summed E-state index contributed by atoms with van der Waals surface area (Å²) in [6.07, 6.45) is 3.75. The molecule has 0 amide bonds. The molecule has 0 bridgehead atoms. The summed E-state index contributed by atoms with van der Waals surface area (Å²) in [6, 6.07) is 8.09. The van der Waals surface area contributed by atoms with Gasteiger partial charge in [-0.3, -0.25) is 5.32 Å². The molecule has 16 heavy (non-hydrogen) atoms. The molecule has 1 heterocycles. The van der Waals surface area contributed by atoms with Crippen molar-refractivity contribution in [2.24, 2.45) is 4.99 Å². The van der Waals surface area contributed by atoms with Crippen molar-refractivity contribution in [3.05, 3.63) is 29.6 Å². The summed E-state index contributed by atoms with van der Waals surface area (Å²) in [7, 11) is 0. The molecule has 1 N–H and O–H groups in total. The van der Waals surface area contributed by atoms with Crippen LogP contribution in [0.5, 0.6) is 0 Å². The molecule has 2 aromatic rings. The molecule has 0 atom stereocenters. The number of rotatable bonds is 1. The first-order valence-corrected chi connectivity index (χ1v) is 6.69. The third-order valence-electron chi connectivity index (χ3n) is 2.03. The summed E-state index contributed by atoms with van der Waals surface area (Å²) in [5, 5.41) is 15.0. The number of thioether (sulfide) groups is 1. The molecule has 0 aliphatic rings. The van der Waals surface area contributed by atoms with Crippen LogP contribution in [0, 0.1) is 11.5 Å². The molecular formula is C11H9N3S2. The molecule has 0 aliphatic carbocycles. The number of aliphatic imine (C=N–C) groups is 1. The summed E-state index contributed by atoms with van der Waals surface area (Å²) < 4.78 is 1.21. The number of hydrogen-bond donors (Lipinski definition) is 1. The van der Waals surface area contributed by atoms with E-state index in [1.807, 2.05) is 30.6 Å². The van der Waals surface area contributed by atoms with Crippen molar-refractivity contribution in [3.63, 3.8) is 0 Å². The fraction of sp³-hybridized carbons (Fsp3) is 0.0909. The monoisotopic (exact) mass is 247 g/mol. The Balaban J connectivity index is 2.36. The Labute approximate surface area is 102 Å². The zero-order chi connectivity index (χ0) is 11.4. The van der Waals surface area contributed by atoms with E-state index in [0.717, 1.165) is 5.69 Å². The van der Waals surface area contributed by atoms with Crippen LogP contribution in [0.25, 0.3) is 10.1 Å². The maximum atomic E-state index is 8.53. The van der Waals surface area contributed by atoms with E-state index in [4.69, 9.17) is 5.26 Å². The molecule has 1 aromatic heterocycles. The average molecular weight is 247 g/mol. The minimum atomic E-state index is 0.610. The van der Waals surface area contributed by atoms with Crippen LogP contribution in [0.4, 0.5) is 5.69 Å². The fourth-order valence-corrected chi connectivity index (χ4v) is 2.47. The quantitative estimate of drug-likeness (QED) is 0.364. The van der Waals surface area contributed by atoms with Crippen molar-refractivity contribution in [1.29, 1.82) is 5.26 Å². The Kier molecular flexibility index (Phi) is 3.44. The van der Waals surface area contributed by atoms with Crippen LogP contribution >= 0.6 is 23.1 Å². The van der Waals surface area contributed by atoms with Crippen molar-refractivity contribution >= 4 is 44.0 Å². The zero-order valence-corrected chi connectivity index (χ0v) is 10.2. The molecular weight excluding hydrogens is 238 g/mol. The predicted octanol–water partition coefficient (Wildman–Crippen LogP) is 3.32. The first-order chi connectivity index (χ1) is 7.83. The number of thiophene rings is 1. The number of hydrogen-bond acceptors (Lipinski definition) is 4. The molecule has 1 aromatic carbocycles. The second kappa shape index (κ2) is 5.01. The molecule has 0 fully saturated rings. The van der Waals surface area contributed by atoms with Gasteiger partial charge in [0, 0.05) is 4.70 Å². The van der Waals surface area contributed by atoms with Crippen LogP contribution in [-0.4, -0.2) is 11.4 Å². The molecule has 2 rings (SSSR count). The van der Waals surface area contributed by atoms with Crippen LogP contribution in [-0.2, 0) is 0 Å². The standard InChI is InChI=1S/C11H9N3S2/c1-15-11(13-7-12)14-9-3-2-8-4-5-16-10(8)6-9/h2-6H,1H3,(H,13,14). The first kappa shape index (κ1) is 11.0. The molecule has 3 nitrogen and oxygen atoms in total. The lowest BCUT2D eigenvalue weighted by molar-refractivity contribution is 1.28. The van der Waals surface area contributed by atoms with Gasteiger partial charge in [0.25, 0.3) is 0 Å². The number of benzene rings is 1. The zero-order valence-electron chi connectivity index (χ0n) is 8.60. The average Bonchev–Trinajstić information content (AvgIpc) is 2.75. The number of amidine groups is 1. The van der Waals surface area contributed by atoms with E-state index in [1.54, 1.807) is 11.3 Å². The van der Waals surface area contributed by atoms with E-state index in [-0.39, 0.29) is 0 Å². The van der Waals surface area contributed by atoms with Gasteiger partial charge in [-0.2, -0.15) is 5.26 Å². The summed E-state index contributed by atoms with van der Waals surface area (Å²) in [6.45, 7) is 0. The highest BCUT2D eigenvalue weighted by Crippen LogP contribution is 2.26. The SMILES string of the molecule is CSC(=Nc1ccc2ccsc2c1)NC#N. The van der Waals surface area contributed by atoms with E-state index >= 15 is 0 Å².